The smallest absolute Gasteiger partial charge is 0.0750 e. The number of nitrogens with one attached hydrogen (secondary N) is 1. The molecule has 0 bridgehead atoms. The fourth-order valence-corrected chi connectivity index (χ4v) is 4.48. The summed E-state index contributed by atoms with van der Waals surface area (Å²) < 4.78 is 0. The van der Waals surface area contributed by atoms with E-state index in [0.717, 1.165) is 29.8 Å². The molecule has 128 valence electrons. The molecule has 2 aliphatic rings. The van der Waals surface area contributed by atoms with Crippen molar-refractivity contribution in [2.24, 2.45) is 4.99 Å². The first kappa shape index (κ1) is 14.7. The van der Waals surface area contributed by atoms with Crippen molar-refractivity contribution >= 4 is 27.9 Å². The summed E-state index contributed by atoms with van der Waals surface area (Å²) in [5, 5.41) is 1.25. The van der Waals surface area contributed by atoms with Gasteiger partial charge in [-0.2, -0.15) is 0 Å². The van der Waals surface area contributed by atoms with Gasteiger partial charge in [-0.25, -0.2) is 0 Å². The van der Waals surface area contributed by atoms with Crippen molar-refractivity contribution < 1.29 is 0 Å². The Morgan fingerprint density at radius 1 is 0.667 bits per heavy atom. The Morgan fingerprint density at radius 3 is 2.26 bits per heavy atom. The number of para-hydroxylation sites is 1. The van der Waals surface area contributed by atoms with E-state index in [9.17, 15) is 0 Å². The van der Waals surface area contributed by atoms with Crippen LogP contribution in [0.5, 0.6) is 0 Å². The van der Waals surface area contributed by atoms with Crippen molar-refractivity contribution in [3.63, 3.8) is 0 Å². The Morgan fingerprint density at radius 2 is 1.37 bits per heavy atom. The van der Waals surface area contributed by atoms with E-state index in [0.29, 0.717) is 0 Å². The highest BCUT2D eigenvalue weighted by atomic mass is 14.8. The zero-order valence-electron chi connectivity index (χ0n) is 14.9. The summed E-state index contributed by atoms with van der Waals surface area (Å²) in [4.78, 5) is 8.58. The first-order valence-corrected chi connectivity index (χ1v) is 9.42. The highest BCUT2D eigenvalue weighted by Gasteiger charge is 2.28. The lowest BCUT2D eigenvalue weighted by Crippen LogP contribution is -1.99. The predicted octanol–water partition coefficient (Wildman–Crippen LogP) is 5.83. The molecule has 1 aliphatic heterocycles. The number of nitrogens with zero attached hydrogens (tertiary/aromatic N) is 1. The lowest BCUT2D eigenvalue weighted by molar-refractivity contribution is 1.17. The minimum absolute atomic E-state index is 0.878. The van der Waals surface area contributed by atoms with Crippen LogP contribution < -0.4 is 0 Å². The molecule has 2 heteroatoms. The summed E-state index contributed by atoms with van der Waals surface area (Å²) in [5.41, 5.74) is 11.4. The maximum Gasteiger partial charge on any atom is 0.0750 e. The first-order valence-electron chi connectivity index (χ1n) is 9.42. The lowest BCUT2D eigenvalue weighted by Gasteiger charge is -2.09. The zero-order valence-corrected chi connectivity index (χ0v) is 14.9. The number of benzene rings is 3. The third-order valence-electron chi connectivity index (χ3n) is 5.77. The van der Waals surface area contributed by atoms with Crippen molar-refractivity contribution in [1.82, 2.24) is 4.98 Å². The third kappa shape index (κ3) is 2.16. The molecule has 2 nitrogen and oxygen atoms in total. The monoisotopic (exact) mass is 346 g/mol. The molecule has 1 aliphatic carbocycles. The van der Waals surface area contributed by atoms with Gasteiger partial charge in [0.15, 0.2) is 0 Å². The fraction of sp³-hybridized carbons (Fsp3) is 0.0800. The van der Waals surface area contributed by atoms with Crippen LogP contribution in [0.15, 0.2) is 84.0 Å². The SMILES string of the molecule is c1ccc2c(c1)Cc1ccccc1C1=C2CC(c2c[nH]c3ccccc23)=N1. The van der Waals surface area contributed by atoms with Gasteiger partial charge in [-0.05, 0) is 34.8 Å². The van der Waals surface area contributed by atoms with Gasteiger partial charge in [0, 0.05) is 34.6 Å². The second kappa shape index (κ2) is 5.55. The Bertz CT molecular complexity index is 1270. The second-order valence-electron chi connectivity index (χ2n) is 7.30. The maximum absolute atomic E-state index is 5.18. The normalized spacial score (nSPS) is 15.2. The Labute approximate surface area is 157 Å². The standard InChI is InChI=1S/C25H18N2/c1-3-9-18-16(7-1)13-17-8-2-4-10-19(17)25-21(18)14-24(27-25)22-15-26-23-12-6-5-11-20(22)23/h1-12,15,26H,13-14H2. The summed E-state index contributed by atoms with van der Waals surface area (Å²) in [7, 11) is 0. The Balaban J connectivity index is 1.57. The number of aromatic nitrogens is 1. The van der Waals surface area contributed by atoms with Crippen LogP contribution in [0.3, 0.4) is 0 Å². The highest BCUT2D eigenvalue weighted by Crippen LogP contribution is 2.43. The molecule has 27 heavy (non-hydrogen) atoms. The van der Waals surface area contributed by atoms with E-state index in [1.54, 1.807) is 0 Å². The van der Waals surface area contributed by atoms with Gasteiger partial charge in [0.1, 0.15) is 0 Å². The molecule has 2 heterocycles. The summed E-state index contributed by atoms with van der Waals surface area (Å²) in [6, 6.07) is 26.0. The maximum atomic E-state index is 5.18. The van der Waals surface area contributed by atoms with Gasteiger partial charge in [-0.3, -0.25) is 4.99 Å². The molecule has 1 N–H and O–H groups in total. The van der Waals surface area contributed by atoms with Gasteiger partial charge in [0.2, 0.25) is 0 Å². The zero-order chi connectivity index (χ0) is 17.8. The van der Waals surface area contributed by atoms with Gasteiger partial charge in [-0.1, -0.05) is 66.7 Å². The summed E-state index contributed by atoms with van der Waals surface area (Å²) >= 11 is 0. The van der Waals surface area contributed by atoms with Crippen LogP contribution in [0.2, 0.25) is 0 Å². The molecule has 3 aromatic carbocycles. The quantitative estimate of drug-likeness (QED) is 0.449. The average Bonchev–Trinajstić information content (AvgIpc) is 3.30. The van der Waals surface area contributed by atoms with E-state index in [1.165, 1.54) is 38.8 Å². The fourth-order valence-electron chi connectivity index (χ4n) is 4.48. The highest BCUT2D eigenvalue weighted by molar-refractivity contribution is 6.21. The number of hydrogen-bond donors (Lipinski definition) is 1. The predicted molar refractivity (Wildman–Crippen MR) is 112 cm³/mol. The molecule has 0 fully saturated rings. The number of aliphatic imine (C=N–C) groups is 1. The molecular weight excluding hydrogens is 328 g/mol. The average molecular weight is 346 g/mol. The number of hydrogen-bond acceptors (Lipinski definition) is 1. The summed E-state index contributed by atoms with van der Waals surface area (Å²) in [5.74, 6) is 0. The van der Waals surface area contributed by atoms with Crippen molar-refractivity contribution in [3.05, 3.63) is 107 Å². The Hall–Kier alpha value is -3.39. The van der Waals surface area contributed by atoms with Crippen LogP contribution in [0.1, 0.15) is 34.2 Å². The topological polar surface area (TPSA) is 28.1 Å². The minimum atomic E-state index is 0.878. The van der Waals surface area contributed by atoms with Crippen LogP contribution in [0.25, 0.3) is 22.2 Å². The summed E-state index contributed by atoms with van der Waals surface area (Å²) in [6.45, 7) is 0. The third-order valence-corrected chi connectivity index (χ3v) is 5.77. The van der Waals surface area contributed by atoms with Crippen LogP contribution in [-0.4, -0.2) is 10.7 Å². The van der Waals surface area contributed by atoms with Crippen LogP contribution in [0, 0.1) is 0 Å². The molecule has 0 saturated carbocycles. The van der Waals surface area contributed by atoms with E-state index in [2.05, 4.69) is 84.0 Å². The van der Waals surface area contributed by atoms with Crippen LogP contribution >= 0.6 is 0 Å². The molecule has 0 unspecified atom stereocenters. The van der Waals surface area contributed by atoms with Gasteiger partial charge in [-0.15, -0.1) is 0 Å². The minimum Gasteiger partial charge on any atom is -0.360 e. The van der Waals surface area contributed by atoms with Crippen LogP contribution in [-0.2, 0) is 6.42 Å². The van der Waals surface area contributed by atoms with Crippen molar-refractivity contribution in [3.8, 4) is 0 Å². The number of allylic oxidation sites excluding steroid dienone is 1. The molecular formula is C25H18N2. The van der Waals surface area contributed by atoms with E-state index in [4.69, 9.17) is 4.99 Å². The number of aromatic amines is 1. The van der Waals surface area contributed by atoms with E-state index >= 15 is 0 Å². The molecule has 4 aromatic rings. The molecule has 0 amide bonds. The van der Waals surface area contributed by atoms with Gasteiger partial charge in [0.05, 0.1) is 11.4 Å². The molecule has 0 atom stereocenters. The largest absolute Gasteiger partial charge is 0.360 e. The molecule has 0 saturated heterocycles. The number of rotatable bonds is 1. The van der Waals surface area contributed by atoms with Crippen molar-refractivity contribution in [1.29, 1.82) is 0 Å². The number of H-pyrrole nitrogens is 1. The molecule has 6 rings (SSSR count). The summed E-state index contributed by atoms with van der Waals surface area (Å²) in [6.07, 6.45) is 3.95. The van der Waals surface area contributed by atoms with E-state index in [-0.39, 0.29) is 0 Å². The van der Waals surface area contributed by atoms with Crippen LogP contribution in [0.4, 0.5) is 0 Å². The van der Waals surface area contributed by atoms with Crippen molar-refractivity contribution in [2.75, 3.05) is 0 Å². The van der Waals surface area contributed by atoms with E-state index < -0.39 is 0 Å². The van der Waals surface area contributed by atoms with Gasteiger partial charge < -0.3 is 4.98 Å². The van der Waals surface area contributed by atoms with Gasteiger partial charge in [0.25, 0.3) is 0 Å². The van der Waals surface area contributed by atoms with Gasteiger partial charge >= 0.3 is 0 Å². The Kier molecular flexibility index (Phi) is 3.03. The first-order chi connectivity index (χ1) is 13.4. The molecule has 0 radical (unpaired) electrons. The lowest BCUT2D eigenvalue weighted by atomic mass is 9.94. The molecule has 1 aromatic heterocycles. The number of fused-ring (bicyclic) bond motifs is 5. The van der Waals surface area contributed by atoms with E-state index in [1.807, 2.05) is 0 Å². The van der Waals surface area contributed by atoms with Crippen molar-refractivity contribution in [2.45, 2.75) is 12.8 Å². The molecule has 0 spiro atoms. The second-order valence-corrected chi connectivity index (χ2v) is 7.30.